The Labute approximate surface area is 155 Å². The van der Waals surface area contributed by atoms with Crippen molar-refractivity contribution in [3.8, 4) is 11.5 Å². The first-order chi connectivity index (χ1) is 12.5. The Bertz CT molecular complexity index is 708. The van der Waals surface area contributed by atoms with Crippen molar-refractivity contribution >= 4 is 5.91 Å². The van der Waals surface area contributed by atoms with Crippen molar-refractivity contribution in [2.45, 2.75) is 44.3 Å². The molecule has 0 unspecified atom stereocenters. The summed E-state index contributed by atoms with van der Waals surface area (Å²) in [7, 11) is 3.35. The molecule has 4 atom stereocenters. The second kappa shape index (κ2) is 6.74. The second-order valence-electron chi connectivity index (χ2n) is 7.99. The Hall–Kier alpha value is -1.79. The zero-order valence-corrected chi connectivity index (χ0v) is 15.9. The summed E-state index contributed by atoms with van der Waals surface area (Å²) >= 11 is 0. The average Bonchev–Trinajstić information content (AvgIpc) is 2.97. The van der Waals surface area contributed by atoms with Gasteiger partial charge in [-0.25, -0.2) is 0 Å². The van der Waals surface area contributed by atoms with Gasteiger partial charge in [-0.3, -0.25) is 9.69 Å². The molecule has 4 rings (SSSR count). The van der Waals surface area contributed by atoms with E-state index in [0.717, 1.165) is 44.0 Å². The SMILES string of the molecule is COc1cc2c(cc1OC)[C@@H]1C[C@H](N)[C@H](N3C[C@@H](C)CC3=O)CN1CC2. The molecule has 2 saturated heterocycles. The Kier molecular flexibility index (Phi) is 4.57. The number of nitrogens with two attached hydrogens (primary N) is 1. The highest BCUT2D eigenvalue weighted by atomic mass is 16.5. The third kappa shape index (κ3) is 2.85. The molecule has 1 amide bonds. The minimum absolute atomic E-state index is 0.00421. The Balaban J connectivity index is 1.60. The summed E-state index contributed by atoms with van der Waals surface area (Å²) < 4.78 is 11.0. The van der Waals surface area contributed by atoms with Gasteiger partial charge in [0.2, 0.25) is 5.91 Å². The van der Waals surface area contributed by atoms with Crippen LogP contribution in [0.15, 0.2) is 12.1 Å². The first-order valence-electron chi connectivity index (χ1n) is 9.55. The molecule has 0 aromatic heterocycles. The molecular weight excluding hydrogens is 330 g/mol. The van der Waals surface area contributed by atoms with Gasteiger partial charge in [-0.2, -0.15) is 0 Å². The zero-order chi connectivity index (χ0) is 18.4. The van der Waals surface area contributed by atoms with Gasteiger partial charge in [-0.15, -0.1) is 0 Å². The maximum atomic E-state index is 12.4. The number of carbonyl (C=O) groups is 1. The van der Waals surface area contributed by atoms with Gasteiger partial charge in [0.15, 0.2) is 11.5 Å². The highest BCUT2D eigenvalue weighted by Crippen LogP contribution is 2.42. The van der Waals surface area contributed by atoms with E-state index in [-0.39, 0.29) is 18.0 Å². The average molecular weight is 359 g/mol. The number of methoxy groups -OCH3 is 2. The van der Waals surface area contributed by atoms with Gasteiger partial charge in [-0.05, 0) is 42.0 Å². The summed E-state index contributed by atoms with van der Waals surface area (Å²) in [5.41, 5.74) is 9.20. The van der Waals surface area contributed by atoms with Crippen molar-refractivity contribution in [1.29, 1.82) is 0 Å². The molecule has 0 saturated carbocycles. The number of ether oxygens (including phenoxy) is 2. The molecule has 26 heavy (non-hydrogen) atoms. The standard InChI is InChI=1S/C20H29N3O3/c1-12-6-20(24)23(10-12)17-11-22-5-4-13-7-18(25-2)19(26-3)8-14(13)16(22)9-15(17)21/h7-8,12,15-17H,4-6,9-11,21H2,1-3H3/t12-,15-,16-,17+/m0/s1. The smallest absolute Gasteiger partial charge is 0.223 e. The molecule has 142 valence electrons. The fourth-order valence-corrected chi connectivity index (χ4v) is 4.93. The molecule has 3 aliphatic heterocycles. The number of nitrogens with zero attached hydrogens (tertiary/aromatic N) is 2. The number of benzene rings is 1. The molecule has 0 radical (unpaired) electrons. The van der Waals surface area contributed by atoms with Crippen molar-refractivity contribution < 1.29 is 14.3 Å². The van der Waals surface area contributed by atoms with Gasteiger partial charge in [0, 0.05) is 38.1 Å². The van der Waals surface area contributed by atoms with Crippen molar-refractivity contribution in [2.75, 3.05) is 33.9 Å². The molecule has 0 bridgehead atoms. The van der Waals surface area contributed by atoms with Gasteiger partial charge in [-0.1, -0.05) is 6.92 Å². The van der Waals surface area contributed by atoms with Crippen molar-refractivity contribution in [3.63, 3.8) is 0 Å². The minimum atomic E-state index is 0.00421. The summed E-state index contributed by atoms with van der Waals surface area (Å²) in [6.45, 7) is 4.84. The highest BCUT2D eigenvalue weighted by molar-refractivity contribution is 5.79. The summed E-state index contributed by atoms with van der Waals surface area (Å²) in [4.78, 5) is 16.9. The maximum absolute atomic E-state index is 12.4. The van der Waals surface area contributed by atoms with Crippen LogP contribution in [-0.2, 0) is 11.2 Å². The molecule has 1 aromatic rings. The third-order valence-corrected chi connectivity index (χ3v) is 6.28. The second-order valence-corrected chi connectivity index (χ2v) is 7.99. The van der Waals surface area contributed by atoms with E-state index in [9.17, 15) is 4.79 Å². The van der Waals surface area contributed by atoms with Gasteiger partial charge >= 0.3 is 0 Å². The molecule has 2 N–H and O–H groups in total. The summed E-state index contributed by atoms with van der Waals surface area (Å²) in [6.07, 6.45) is 2.51. The quantitative estimate of drug-likeness (QED) is 0.887. The Morgan fingerprint density at radius 3 is 2.54 bits per heavy atom. The summed E-state index contributed by atoms with van der Waals surface area (Å²) in [5, 5.41) is 0. The number of carbonyl (C=O) groups excluding carboxylic acids is 1. The third-order valence-electron chi connectivity index (χ3n) is 6.28. The highest BCUT2D eigenvalue weighted by Gasteiger charge is 2.43. The molecular formula is C20H29N3O3. The van der Waals surface area contributed by atoms with Crippen LogP contribution in [0.3, 0.4) is 0 Å². The Morgan fingerprint density at radius 1 is 1.15 bits per heavy atom. The molecule has 6 heteroatoms. The van der Waals surface area contributed by atoms with Crippen LogP contribution in [0.5, 0.6) is 11.5 Å². The fraction of sp³-hybridized carbons (Fsp3) is 0.650. The zero-order valence-electron chi connectivity index (χ0n) is 15.9. The van der Waals surface area contributed by atoms with Crippen LogP contribution in [0.4, 0.5) is 0 Å². The minimum Gasteiger partial charge on any atom is -0.493 e. The van der Waals surface area contributed by atoms with Gasteiger partial charge in [0.1, 0.15) is 0 Å². The number of rotatable bonds is 3. The van der Waals surface area contributed by atoms with Crippen LogP contribution in [0.1, 0.15) is 36.9 Å². The van der Waals surface area contributed by atoms with Crippen molar-refractivity contribution in [2.24, 2.45) is 11.7 Å². The maximum Gasteiger partial charge on any atom is 0.223 e. The molecule has 3 aliphatic rings. The summed E-state index contributed by atoms with van der Waals surface area (Å²) in [6, 6.07) is 4.64. The van der Waals surface area contributed by atoms with E-state index >= 15 is 0 Å². The van der Waals surface area contributed by atoms with E-state index in [4.69, 9.17) is 15.2 Å². The largest absolute Gasteiger partial charge is 0.493 e. The summed E-state index contributed by atoms with van der Waals surface area (Å²) in [5.74, 6) is 2.26. The number of hydrogen-bond acceptors (Lipinski definition) is 5. The number of likely N-dealkylation sites (tertiary alicyclic amines) is 1. The molecule has 2 fully saturated rings. The number of hydrogen-bond donors (Lipinski definition) is 1. The molecule has 0 spiro atoms. The lowest BCUT2D eigenvalue weighted by Gasteiger charge is -2.48. The number of amides is 1. The van der Waals surface area contributed by atoms with E-state index < -0.39 is 0 Å². The predicted molar refractivity (Wildman–Crippen MR) is 99.4 cm³/mol. The number of piperidine rings is 1. The molecule has 1 aromatic carbocycles. The lowest BCUT2D eigenvalue weighted by molar-refractivity contribution is -0.131. The first kappa shape index (κ1) is 17.6. The Morgan fingerprint density at radius 2 is 1.88 bits per heavy atom. The topological polar surface area (TPSA) is 68.0 Å². The van der Waals surface area contributed by atoms with Crippen molar-refractivity contribution in [1.82, 2.24) is 9.80 Å². The predicted octanol–water partition coefficient (Wildman–Crippen LogP) is 1.57. The first-order valence-corrected chi connectivity index (χ1v) is 9.55. The lowest BCUT2D eigenvalue weighted by Crippen LogP contribution is -2.60. The molecule has 3 heterocycles. The van der Waals surface area contributed by atoms with Gasteiger partial charge < -0.3 is 20.1 Å². The number of fused-ring (bicyclic) bond motifs is 3. The van der Waals surface area contributed by atoms with E-state index in [1.807, 2.05) is 4.90 Å². The van der Waals surface area contributed by atoms with E-state index in [1.54, 1.807) is 14.2 Å². The fourth-order valence-electron chi connectivity index (χ4n) is 4.93. The molecule has 6 nitrogen and oxygen atoms in total. The van der Waals surface area contributed by atoms with Crippen LogP contribution in [0.25, 0.3) is 0 Å². The van der Waals surface area contributed by atoms with Gasteiger partial charge in [0.05, 0.1) is 20.3 Å². The van der Waals surface area contributed by atoms with Crippen molar-refractivity contribution in [3.05, 3.63) is 23.3 Å². The van der Waals surface area contributed by atoms with E-state index in [0.29, 0.717) is 18.4 Å². The van der Waals surface area contributed by atoms with Crippen LogP contribution in [0.2, 0.25) is 0 Å². The van der Waals surface area contributed by atoms with Crippen LogP contribution in [0, 0.1) is 5.92 Å². The van der Waals surface area contributed by atoms with Crippen LogP contribution < -0.4 is 15.2 Å². The van der Waals surface area contributed by atoms with E-state index in [1.165, 1.54) is 11.1 Å². The normalized spacial score (nSPS) is 31.5. The lowest BCUT2D eigenvalue weighted by atomic mass is 9.83. The van der Waals surface area contributed by atoms with E-state index in [2.05, 4.69) is 24.0 Å². The van der Waals surface area contributed by atoms with Crippen LogP contribution in [-0.4, -0.2) is 61.6 Å². The monoisotopic (exact) mass is 359 g/mol. The molecule has 0 aliphatic carbocycles. The van der Waals surface area contributed by atoms with Crippen LogP contribution >= 0.6 is 0 Å². The van der Waals surface area contributed by atoms with Gasteiger partial charge in [0.25, 0.3) is 0 Å².